The van der Waals surface area contributed by atoms with Gasteiger partial charge in [-0.05, 0) is 23.2 Å². The lowest BCUT2D eigenvalue weighted by Gasteiger charge is -1.92. The van der Waals surface area contributed by atoms with Gasteiger partial charge in [0.2, 0.25) is 0 Å². The molecule has 1 aromatic carbocycles. The standard InChI is InChI=1S/C8H5BrClNO/c9-4-5-2-1-3-6-7(5)11-8(10)12-6/h1-3H,4H2. The van der Waals surface area contributed by atoms with Crippen LogP contribution in [0.5, 0.6) is 0 Å². The Labute approximate surface area is 82.7 Å². The molecular formula is C8H5BrClNO. The molecule has 0 amide bonds. The van der Waals surface area contributed by atoms with E-state index in [1.165, 1.54) is 0 Å². The number of rotatable bonds is 1. The maximum Gasteiger partial charge on any atom is 0.293 e. The van der Waals surface area contributed by atoms with Crippen LogP contribution in [0.2, 0.25) is 5.35 Å². The summed E-state index contributed by atoms with van der Waals surface area (Å²) in [5.74, 6) is 0. The topological polar surface area (TPSA) is 26.0 Å². The molecule has 62 valence electrons. The molecule has 1 heterocycles. The highest BCUT2D eigenvalue weighted by molar-refractivity contribution is 9.08. The molecule has 0 atom stereocenters. The quantitative estimate of drug-likeness (QED) is 0.721. The van der Waals surface area contributed by atoms with Crippen molar-refractivity contribution in [1.82, 2.24) is 4.98 Å². The van der Waals surface area contributed by atoms with Crippen molar-refractivity contribution in [3.8, 4) is 0 Å². The lowest BCUT2D eigenvalue weighted by Crippen LogP contribution is -1.78. The maximum absolute atomic E-state index is 5.62. The fourth-order valence-corrected chi connectivity index (χ4v) is 1.71. The van der Waals surface area contributed by atoms with E-state index in [9.17, 15) is 0 Å². The second kappa shape index (κ2) is 3.07. The third kappa shape index (κ3) is 1.23. The minimum Gasteiger partial charge on any atom is -0.428 e. The molecule has 0 bridgehead atoms. The monoisotopic (exact) mass is 245 g/mol. The normalized spacial score (nSPS) is 10.8. The fraction of sp³-hybridized carbons (Fsp3) is 0.125. The third-order valence-corrected chi connectivity index (χ3v) is 2.39. The Bertz CT molecular complexity index is 412. The van der Waals surface area contributed by atoms with Gasteiger partial charge in [-0.3, -0.25) is 0 Å². The summed E-state index contributed by atoms with van der Waals surface area (Å²) >= 11 is 8.98. The van der Waals surface area contributed by atoms with Crippen LogP contribution < -0.4 is 0 Å². The van der Waals surface area contributed by atoms with Crippen LogP contribution in [0.15, 0.2) is 22.6 Å². The summed E-state index contributed by atoms with van der Waals surface area (Å²) in [6.45, 7) is 0. The number of alkyl halides is 1. The second-order valence-corrected chi connectivity index (χ2v) is 3.25. The van der Waals surface area contributed by atoms with Crippen molar-refractivity contribution < 1.29 is 4.42 Å². The zero-order valence-corrected chi connectivity index (χ0v) is 8.39. The summed E-state index contributed by atoms with van der Waals surface area (Å²) < 4.78 is 5.14. The van der Waals surface area contributed by atoms with Crippen LogP contribution >= 0.6 is 27.5 Å². The van der Waals surface area contributed by atoms with E-state index in [2.05, 4.69) is 20.9 Å². The Morgan fingerprint density at radius 3 is 3.08 bits per heavy atom. The summed E-state index contributed by atoms with van der Waals surface area (Å²) in [4.78, 5) is 4.05. The van der Waals surface area contributed by atoms with Crippen molar-refractivity contribution in [2.75, 3.05) is 0 Å². The first kappa shape index (κ1) is 8.08. The van der Waals surface area contributed by atoms with Gasteiger partial charge in [-0.2, -0.15) is 4.98 Å². The highest BCUT2D eigenvalue weighted by atomic mass is 79.9. The molecule has 0 fully saturated rings. The fourth-order valence-electron chi connectivity index (χ4n) is 1.09. The smallest absolute Gasteiger partial charge is 0.293 e. The second-order valence-electron chi connectivity index (χ2n) is 2.36. The molecule has 1 aromatic heterocycles. The number of hydrogen-bond donors (Lipinski definition) is 0. The van der Waals surface area contributed by atoms with Gasteiger partial charge in [-0.1, -0.05) is 28.1 Å². The SMILES string of the molecule is Clc1nc2c(CBr)cccc2o1. The molecule has 12 heavy (non-hydrogen) atoms. The summed E-state index contributed by atoms with van der Waals surface area (Å²) in [6.07, 6.45) is 0. The molecule has 0 saturated heterocycles. The molecule has 2 rings (SSSR count). The van der Waals surface area contributed by atoms with Gasteiger partial charge < -0.3 is 4.42 Å². The van der Waals surface area contributed by atoms with E-state index >= 15 is 0 Å². The van der Waals surface area contributed by atoms with Crippen molar-refractivity contribution in [3.05, 3.63) is 29.1 Å². The number of oxazole rings is 1. The zero-order chi connectivity index (χ0) is 8.55. The summed E-state index contributed by atoms with van der Waals surface area (Å²) in [6, 6.07) is 5.75. The number of hydrogen-bond acceptors (Lipinski definition) is 2. The van der Waals surface area contributed by atoms with Crippen LogP contribution in [0.3, 0.4) is 0 Å². The molecular weight excluding hydrogens is 241 g/mol. The van der Waals surface area contributed by atoms with Crippen LogP contribution in [0.25, 0.3) is 11.1 Å². The number of fused-ring (bicyclic) bond motifs is 1. The Hall–Kier alpha value is -0.540. The Morgan fingerprint density at radius 1 is 1.50 bits per heavy atom. The van der Waals surface area contributed by atoms with Crippen molar-refractivity contribution >= 4 is 38.6 Å². The minimum atomic E-state index is 0.193. The summed E-state index contributed by atoms with van der Waals surface area (Å²) in [7, 11) is 0. The van der Waals surface area contributed by atoms with E-state index in [0.717, 1.165) is 22.0 Å². The largest absolute Gasteiger partial charge is 0.428 e. The number of halogens is 2. The van der Waals surface area contributed by atoms with E-state index in [0.29, 0.717) is 0 Å². The average molecular weight is 246 g/mol. The van der Waals surface area contributed by atoms with E-state index in [1.54, 1.807) is 0 Å². The first-order chi connectivity index (χ1) is 5.81. The molecule has 2 aromatic rings. The lowest BCUT2D eigenvalue weighted by molar-refractivity contribution is 0.604. The maximum atomic E-state index is 5.62. The minimum absolute atomic E-state index is 0.193. The first-order valence-electron chi connectivity index (χ1n) is 3.41. The van der Waals surface area contributed by atoms with Gasteiger partial charge >= 0.3 is 0 Å². The summed E-state index contributed by atoms with van der Waals surface area (Å²) in [5.41, 5.74) is 2.65. The van der Waals surface area contributed by atoms with Gasteiger partial charge in [0, 0.05) is 5.33 Å². The van der Waals surface area contributed by atoms with E-state index in [4.69, 9.17) is 16.0 Å². The van der Waals surface area contributed by atoms with Gasteiger partial charge in [0.25, 0.3) is 5.35 Å². The molecule has 4 heteroatoms. The van der Waals surface area contributed by atoms with Gasteiger partial charge in [0.1, 0.15) is 5.52 Å². The van der Waals surface area contributed by atoms with Crippen molar-refractivity contribution in [2.45, 2.75) is 5.33 Å². The molecule has 0 aliphatic heterocycles. The molecule has 0 radical (unpaired) electrons. The van der Waals surface area contributed by atoms with Crippen LogP contribution in [0.4, 0.5) is 0 Å². The van der Waals surface area contributed by atoms with Gasteiger partial charge in [0.15, 0.2) is 5.58 Å². The molecule has 0 aliphatic rings. The first-order valence-corrected chi connectivity index (χ1v) is 4.91. The highest BCUT2D eigenvalue weighted by Crippen LogP contribution is 2.23. The van der Waals surface area contributed by atoms with Crippen LogP contribution in [0.1, 0.15) is 5.56 Å². The van der Waals surface area contributed by atoms with E-state index < -0.39 is 0 Å². The van der Waals surface area contributed by atoms with Crippen molar-refractivity contribution in [1.29, 1.82) is 0 Å². The molecule has 2 nitrogen and oxygen atoms in total. The molecule has 0 unspecified atom stereocenters. The summed E-state index contributed by atoms with van der Waals surface area (Å²) in [5, 5.41) is 0.950. The van der Waals surface area contributed by atoms with Crippen LogP contribution in [-0.2, 0) is 5.33 Å². The van der Waals surface area contributed by atoms with Crippen molar-refractivity contribution in [3.63, 3.8) is 0 Å². The third-order valence-electron chi connectivity index (χ3n) is 1.62. The number of benzene rings is 1. The van der Waals surface area contributed by atoms with Gasteiger partial charge in [-0.15, -0.1) is 0 Å². The Morgan fingerprint density at radius 2 is 2.33 bits per heavy atom. The highest BCUT2D eigenvalue weighted by Gasteiger charge is 2.06. The molecule has 0 N–H and O–H groups in total. The van der Waals surface area contributed by atoms with E-state index in [1.807, 2.05) is 18.2 Å². The van der Waals surface area contributed by atoms with Gasteiger partial charge in [-0.25, -0.2) is 0 Å². The zero-order valence-electron chi connectivity index (χ0n) is 6.05. The molecule has 0 spiro atoms. The Balaban J connectivity index is 2.78. The Kier molecular flexibility index (Phi) is 2.07. The molecule has 0 saturated carbocycles. The van der Waals surface area contributed by atoms with Crippen molar-refractivity contribution in [2.24, 2.45) is 0 Å². The average Bonchev–Trinajstić information content (AvgIpc) is 2.44. The lowest BCUT2D eigenvalue weighted by atomic mass is 10.2. The number of para-hydroxylation sites is 1. The molecule has 0 aliphatic carbocycles. The van der Waals surface area contributed by atoms with Crippen LogP contribution in [0, 0.1) is 0 Å². The number of aromatic nitrogens is 1. The predicted octanol–water partition coefficient (Wildman–Crippen LogP) is 3.38. The number of nitrogens with zero attached hydrogens (tertiary/aromatic N) is 1. The van der Waals surface area contributed by atoms with Crippen LogP contribution in [-0.4, -0.2) is 4.98 Å². The van der Waals surface area contributed by atoms with Gasteiger partial charge in [0.05, 0.1) is 0 Å². The predicted molar refractivity (Wildman–Crippen MR) is 51.7 cm³/mol. The van der Waals surface area contributed by atoms with E-state index in [-0.39, 0.29) is 5.35 Å².